The molecule has 1 heterocycles. The minimum atomic E-state index is -4.40. The predicted molar refractivity (Wildman–Crippen MR) is 96.2 cm³/mol. The van der Waals surface area contributed by atoms with E-state index in [9.17, 15) is 18.0 Å². The summed E-state index contributed by atoms with van der Waals surface area (Å²) >= 11 is 0. The molecule has 1 amide bonds. The number of H-pyrrole nitrogens is 1. The number of aromatic amines is 1. The lowest BCUT2D eigenvalue weighted by Gasteiger charge is -2.08. The highest BCUT2D eigenvalue weighted by Gasteiger charge is 2.30. The molecule has 0 saturated carbocycles. The Morgan fingerprint density at radius 3 is 2.22 bits per heavy atom. The van der Waals surface area contributed by atoms with Gasteiger partial charge < -0.3 is 5.32 Å². The van der Waals surface area contributed by atoms with Crippen molar-refractivity contribution in [2.75, 3.05) is 10.6 Å². The molecule has 138 valence electrons. The van der Waals surface area contributed by atoms with Crippen molar-refractivity contribution in [2.45, 2.75) is 12.7 Å². The largest absolute Gasteiger partial charge is 0.416 e. The fourth-order valence-electron chi connectivity index (χ4n) is 2.41. The Labute approximate surface area is 154 Å². The van der Waals surface area contributed by atoms with Gasteiger partial charge in [-0.3, -0.25) is 10.1 Å². The molecule has 0 aliphatic rings. The number of nitrogens with one attached hydrogen (secondary N) is 3. The van der Waals surface area contributed by atoms with E-state index >= 15 is 0 Å². The minimum Gasteiger partial charge on any atom is -0.322 e. The lowest BCUT2D eigenvalue weighted by atomic mass is 10.2. The van der Waals surface area contributed by atoms with Gasteiger partial charge in [0.25, 0.3) is 11.7 Å². The SMILES string of the molecule is O=C(Nc1ccc(C(F)(F)F)cc1)c1ccc(NCc2ccccc2)[nH+]c1. The van der Waals surface area contributed by atoms with Crippen molar-refractivity contribution in [3.8, 4) is 0 Å². The molecule has 0 radical (unpaired) electrons. The van der Waals surface area contributed by atoms with E-state index in [1.54, 1.807) is 12.1 Å². The lowest BCUT2D eigenvalue weighted by Crippen LogP contribution is -2.18. The Kier molecular flexibility index (Phi) is 5.40. The highest BCUT2D eigenvalue weighted by atomic mass is 19.4. The number of rotatable bonds is 5. The van der Waals surface area contributed by atoms with Crippen LogP contribution in [0.4, 0.5) is 24.7 Å². The first-order valence-corrected chi connectivity index (χ1v) is 8.20. The van der Waals surface area contributed by atoms with Gasteiger partial charge in [0.05, 0.1) is 11.1 Å². The van der Waals surface area contributed by atoms with Crippen LogP contribution in [0.5, 0.6) is 0 Å². The first-order valence-electron chi connectivity index (χ1n) is 8.20. The van der Waals surface area contributed by atoms with Crippen molar-refractivity contribution >= 4 is 17.4 Å². The number of carbonyl (C=O) groups is 1. The zero-order valence-corrected chi connectivity index (χ0v) is 14.2. The number of aromatic nitrogens is 1. The van der Waals surface area contributed by atoms with Gasteiger partial charge in [0.15, 0.2) is 0 Å². The fraction of sp³-hybridized carbons (Fsp3) is 0.100. The Balaban J connectivity index is 1.58. The second-order valence-corrected chi connectivity index (χ2v) is 5.86. The van der Waals surface area contributed by atoms with Gasteiger partial charge >= 0.3 is 6.18 Å². The first kappa shape index (κ1) is 18.4. The smallest absolute Gasteiger partial charge is 0.322 e. The molecule has 4 nitrogen and oxygen atoms in total. The molecule has 0 unspecified atom stereocenters. The first-order chi connectivity index (χ1) is 12.9. The number of amides is 1. The van der Waals surface area contributed by atoms with Crippen LogP contribution in [0.1, 0.15) is 21.5 Å². The van der Waals surface area contributed by atoms with E-state index in [0.29, 0.717) is 17.8 Å². The average molecular weight is 372 g/mol. The molecule has 3 aromatic rings. The molecule has 0 bridgehead atoms. The standard InChI is InChI=1S/C20H16F3N3O/c21-20(22,23)16-7-9-17(10-8-16)26-19(27)15-6-11-18(25-13-15)24-12-14-4-2-1-3-5-14/h1-11,13H,12H2,(H,24,25)(H,26,27)/p+1. The molecule has 2 aromatic carbocycles. The maximum absolute atomic E-state index is 12.6. The summed E-state index contributed by atoms with van der Waals surface area (Å²) in [6.45, 7) is 0.633. The molecule has 3 rings (SSSR count). The van der Waals surface area contributed by atoms with E-state index in [-0.39, 0.29) is 0 Å². The third-order valence-corrected chi connectivity index (χ3v) is 3.87. The van der Waals surface area contributed by atoms with Crippen LogP contribution in [0.2, 0.25) is 0 Å². The maximum Gasteiger partial charge on any atom is 0.416 e. The van der Waals surface area contributed by atoms with E-state index < -0.39 is 17.6 Å². The van der Waals surface area contributed by atoms with Crippen LogP contribution in [0, 0.1) is 0 Å². The molecule has 0 fully saturated rings. The van der Waals surface area contributed by atoms with Gasteiger partial charge in [0.2, 0.25) is 0 Å². The highest BCUT2D eigenvalue weighted by molar-refractivity contribution is 6.03. The topological polar surface area (TPSA) is 55.3 Å². The number of benzene rings is 2. The van der Waals surface area contributed by atoms with Crippen LogP contribution < -0.4 is 15.6 Å². The third-order valence-electron chi connectivity index (χ3n) is 3.87. The lowest BCUT2D eigenvalue weighted by molar-refractivity contribution is -0.361. The molecular weight excluding hydrogens is 355 g/mol. The Bertz CT molecular complexity index is 893. The quantitative estimate of drug-likeness (QED) is 0.698. The zero-order chi connectivity index (χ0) is 19.3. The normalized spacial score (nSPS) is 11.1. The monoisotopic (exact) mass is 372 g/mol. The second kappa shape index (κ2) is 7.90. The van der Waals surface area contributed by atoms with Crippen LogP contribution >= 0.6 is 0 Å². The van der Waals surface area contributed by atoms with Crippen LogP contribution in [-0.2, 0) is 12.7 Å². The molecule has 1 aromatic heterocycles. The molecule has 0 atom stereocenters. The van der Waals surface area contributed by atoms with E-state index in [4.69, 9.17) is 0 Å². The van der Waals surface area contributed by atoms with Crippen molar-refractivity contribution in [1.29, 1.82) is 0 Å². The molecule has 27 heavy (non-hydrogen) atoms. The van der Waals surface area contributed by atoms with Crippen molar-refractivity contribution in [2.24, 2.45) is 0 Å². The summed E-state index contributed by atoms with van der Waals surface area (Å²) < 4.78 is 37.7. The van der Waals surface area contributed by atoms with Crippen molar-refractivity contribution in [3.63, 3.8) is 0 Å². The van der Waals surface area contributed by atoms with Crippen LogP contribution in [0.15, 0.2) is 72.9 Å². The van der Waals surface area contributed by atoms with Gasteiger partial charge in [0, 0.05) is 11.8 Å². The molecule has 0 aliphatic carbocycles. The Morgan fingerprint density at radius 1 is 0.926 bits per heavy atom. The number of carbonyl (C=O) groups excluding carboxylic acids is 1. The summed E-state index contributed by atoms with van der Waals surface area (Å²) in [5, 5.41) is 5.77. The van der Waals surface area contributed by atoms with Crippen molar-refractivity contribution in [1.82, 2.24) is 0 Å². The summed E-state index contributed by atoms with van der Waals surface area (Å²) in [6.07, 6.45) is -2.87. The Hall–Kier alpha value is -3.35. The number of pyridine rings is 1. The summed E-state index contributed by atoms with van der Waals surface area (Å²) in [4.78, 5) is 15.2. The maximum atomic E-state index is 12.6. The second-order valence-electron chi connectivity index (χ2n) is 5.86. The van der Waals surface area contributed by atoms with Gasteiger partial charge in [-0.2, -0.15) is 13.2 Å². The third kappa shape index (κ3) is 5.07. The van der Waals surface area contributed by atoms with Crippen molar-refractivity contribution < 1.29 is 22.9 Å². The molecule has 0 saturated heterocycles. The van der Waals surface area contributed by atoms with Gasteiger partial charge in [0.1, 0.15) is 12.7 Å². The van der Waals surface area contributed by atoms with E-state index in [1.807, 2.05) is 30.3 Å². The summed E-state index contributed by atoms with van der Waals surface area (Å²) in [5.74, 6) is 0.325. The van der Waals surface area contributed by atoms with E-state index in [2.05, 4.69) is 15.6 Å². The van der Waals surface area contributed by atoms with Gasteiger partial charge in [-0.15, -0.1) is 0 Å². The fourth-order valence-corrected chi connectivity index (χ4v) is 2.41. The molecule has 3 N–H and O–H groups in total. The van der Waals surface area contributed by atoms with Gasteiger partial charge in [-0.25, -0.2) is 4.98 Å². The molecule has 0 spiro atoms. The molecule has 7 heteroatoms. The Morgan fingerprint density at radius 2 is 1.63 bits per heavy atom. The molecular formula is C20H17F3N3O+. The van der Waals surface area contributed by atoms with Gasteiger partial charge in [-0.05, 0) is 35.9 Å². The molecule has 0 aliphatic heterocycles. The van der Waals surface area contributed by atoms with Gasteiger partial charge in [-0.1, -0.05) is 30.3 Å². The number of alkyl halides is 3. The van der Waals surface area contributed by atoms with E-state index in [0.717, 1.165) is 23.5 Å². The van der Waals surface area contributed by atoms with Crippen LogP contribution in [0.3, 0.4) is 0 Å². The summed E-state index contributed by atoms with van der Waals surface area (Å²) in [5.41, 5.74) is 1.01. The predicted octanol–water partition coefficient (Wildman–Crippen LogP) is 4.38. The number of anilines is 2. The van der Waals surface area contributed by atoms with Crippen LogP contribution in [-0.4, -0.2) is 5.91 Å². The summed E-state index contributed by atoms with van der Waals surface area (Å²) in [6, 6.07) is 17.5. The van der Waals surface area contributed by atoms with E-state index in [1.165, 1.54) is 18.3 Å². The summed E-state index contributed by atoms with van der Waals surface area (Å²) in [7, 11) is 0. The van der Waals surface area contributed by atoms with Crippen LogP contribution in [0.25, 0.3) is 0 Å². The number of hydrogen-bond acceptors (Lipinski definition) is 2. The van der Waals surface area contributed by atoms with Crippen molar-refractivity contribution in [3.05, 3.63) is 89.6 Å². The number of halogens is 3. The minimum absolute atomic E-state index is 0.291. The number of hydrogen-bond donors (Lipinski definition) is 2. The zero-order valence-electron chi connectivity index (χ0n) is 14.2. The average Bonchev–Trinajstić information content (AvgIpc) is 2.67. The highest BCUT2D eigenvalue weighted by Crippen LogP contribution is 2.29.